The second kappa shape index (κ2) is 8.09. The van der Waals surface area contributed by atoms with Crippen molar-refractivity contribution in [1.82, 2.24) is 39.7 Å². The average molecular weight is 373 g/mol. The smallest absolute Gasteiger partial charge is 0.194 e. The van der Waals surface area contributed by atoms with Crippen molar-refractivity contribution in [3.8, 4) is 0 Å². The topological polar surface area (TPSA) is 89.1 Å². The van der Waals surface area contributed by atoms with Gasteiger partial charge in [0.15, 0.2) is 11.8 Å². The Balaban J connectivity index is 1.74. The molecule has 0 fully saturated rings. The Morgan fingerprint density at radius 3 is 2.77 bits per heavy atom. The summed E-state index contributed by atoms with van der Waals surface area (Å²) in [5, 5.41) is 17.9. The molecule has 0 spiro atoms. The number of hydrogen-bond donors (Lipinski definition) is 1. The zero-order chi connectivity index (χ0) is 18.5. The Morgan fingerprint density at radius 1 is 1.31 bits per heavy atom. The molecule has 138 valence electrons. The zero-order valence-corrected chi connectivity index (χ0v) is 16.2. The van der Waals surface area contributed by atoms with Crippen molar-refractivity contribution in [2.75, 3.05) is 7.05 Å². The molecule has 0 bridgehead atoms. The first-order valence-corrected chi connectivity index (χ1v) is 9.12. The van der Waals surface area contributed by atoms with Gasteiger partial charge in [0.2, 0.25) is 0 Å². The standard InChI is InChI=1S/C16H23N9S/c1-12-21-22-14(24(12)3)9-18-16(17-8-13-6-5-7-26-13)23(2)10-15-19-11-20-25(15)4/h5-7,11H,8-10H2,1-4H3,(H,17,18). The SMILES string of the molecule is Cc1nnc(CN=C(NCc2cccs2)N(C)Cc2ncnn2C)n1C. The molecule has 0 radical (unpaired) electrons. The fraction of sp³-hybridized carbons (Fsp3) is 0.438. The van der Waals surface area contributed by atoms with Crippen molar-refractivity contribution < 1.29 is 0 Å². The van der Waals surface area contributed by atoms with Gasteiger partial charge in [0.25, 0.3) is 0 Å². The minimum Gasteiger partial charge on any atom is -0.351 e. The lowest BCUT2D eigenvalue weighted by Gasteiger charge is -2.21. The summed E-state index contributed by atoms with van der Waals surface area (Å²) in [7, 11) is 5.81. The first-order chi connectivity index (χ1) is 12.5. The Hall–Kier alpha value is -2.75. The van der Waals surface area contributed by atoms with Crippen LogP contribution in [0.25, 0.3) is 0 Å². The van der Waals surface area contributed by atoms with Gasteiger partial charge in [0.1, 0.15) is 24.5 Å². The third-order valence-corrected chi connectivity index (χ3v) is 4.98. The molecule has 10 heteroatoms. The van der Waals surface area contributed by atoms with Crippen molar-refractivity contribution in [1.29, 1.82) is 0 Å². The highest BCUT2D eigenvalue weighted by Gasteiger charge is 2.12. The molecule has 0 aromatic carbocycles. The van der Waals surface area contributed by atoms with Gasteiger partial charge in [-0.3, -0.25) is 4.68 Å². The van der Waals surface area contributed by atoms with Crippen LogP contribution in [0.5, 0.6) is 0 Å². The Morgan fingerprint density at radius 2 is 2.15 bits per heavy atom. The first-order valence-electron chi connectivity index (χ1n) is 8.24. The maximum absolute atomic E-state index is 4.73. The minimum absolute atomic E-state index is 0.452. The molecule has 26 heavy (non-hydrogen) atoms. The molecule has 9 nitrogen and oxygen atoms in total. The number of nitrogens with zero attached hydrogens (tertiary/aromatic N) is 8. The highest BCUT2D eigenvalue weighted by atomic mass is 32.1. The van der Waals surface area contributed by atoms with Crippen molar-refractivity contribution in [3.63, 3.8) is 0 Å². The van der Waals surface area contributed by atoms with E-state index in [4.69, 9.17) is 4.99 Å². The number of aryl methyl sites for hydroxylation is 2. The lowest BCUT2D eigenvalue weighted by molar-refractivity contribution is 0.446. The third kappa shape index (κ3) is 4.26. The fourth-order valence-corrected chi connectivity index (χ4v) is 3.02. The summed E-state index contributed by atoms with van der Waals surface area (Å²) in [6.07, 6.45) is 1.56. The van der Waals surface area contributed by atoms with Gasteiger partial charge >= 0.3 is 0 Å². The Labute approximate surface area is 156 Å². The number of thiophene rings is 1. The van der Waals surface area contributed by atoms with E-state index in [1.807, 2.05) is 43.6 Å². The molecule has 0 aliphatic rings. The van der Waals surface area contributed by atoms with Gasteiger partial charge in [0.05, 0.1) is 13.1 Å². The van der Waals surface area contributed by atoms with Crippen LogP contribution in [0, 0.1) is 6.92 Å². The number of aromatic nitrogens is 6. The summed E-state index contributed by atoms with van der Waals surface area (Å²) < 4.78 is 3.71. The molecule has 0 aliphatic carbocycles. The van der Waals surface area contributed by atoms with E-state index in [0.717, 1.165) is 30.0 Å². The molecule has 0 atom stereocenters. The molecule has 0 aliphatic heterocycles. The lowest BCUT2D eigenvalue weighted by atomic mass is 10.4. The summed E-state index contributed by atoms with van der Waals surface area (Å²) in [5.41, 5.74) is 0. The summed E-state index contributed by atoms with van der Waals surface area (Å²) in [4.78, 5) is 12.3. The average Bonchev–Trinajstić information content (AvgIpc) is 3.34. The number of aliphatic imine (C=N–C) groups is 1. The normalized spacial score (nSPS) is 11.8. The van der Waals surface area contributed by atoms with Gasteiger partial charge in [0, 0.05) is 26.0 Å². The van der Waals surface area contributed by atoms with Crippen LogP contribution < -0.4 is 5.32 Å². The molecule has 3 heterocycles. The monoisotopic (exact) mass is 373 g/mol. The lowest BCUT2D eigenvalue weighted by Crippen LogP contribution is -2.38. The predicted molar refractivity (Wildman–Crippen MR) is 101 cm³/mol. The Bertz CT molecular complexity index is 862. The zero-order valence-electron chi connectivity index (χ0n) is 15.4. The summed E-state index contributed by atoms with van der Waals surface area (Å²) in [6.45, 7) is 3.70. The van der Waals surface area contributed by atoms with Gasteiger partial charge in [-0.05, 0) is 18.4 Å². The minimum atomic E-state index is 0.452. The second-order valence-corrected chi connectivity index (χ2v) is 6.98. The molecule has 3 aromatic rings. The molecular weight excluding hydrogens is 350 g/mol. The van der Waals surface area contributed by atoms with Crippen LogP contribution in [-0.4, -0.2) is 47.4 Å². The number of nitrogens with one attached hydrogen (secondary N) is 1. The van der Waals surface area contributed by atoms with Crippen LogP contribution in [0.15, 0.2) is 28.8 Å². The molecule has 1 N–H and O–H groups in total. The maximum Gasteiger partial charge on any atom is 0.194 e. The van der Waals surface area contributed by atoms with Gasteiger partial charge in [-0.25, -0.2) is 9.98 Å². The van der Waals surface area contributed by atoms with Gasteiger partial charge < -0.3 is 14.8 Å². The van der Waals surface area contributed by atoms with E-state index in [1.54, 1.807) is 22.3 Å². The number of rotatable bonds is 6. The predicted octanol–water partition coefficient (Wildman–Crippen LogP) is 1.09. The van der Waals surface area contributed by atoms with E-state index in [-0.39, 0.29) is 0 Å². The van der Waals surface area contributed by atoms with E-state index in [0.29, 0.717) is 13.1 Å². The van der Waals surface area contributed by atoms with Crippen molar-refractivity contribution >= 4 is 17.3 Å². The molecule has 0 amide bonds. The van der Waals surface area contributed by atoms with Crippen LogP contribution in [0.2, 0.25) is 0 Å². The quantitative estimate of drug-likeness (QED) is 0.514. The second-order valence-electron chi connectivity index (χ2n) is 5.95. The number of hydrogen-bond acceptors (Lipinski definition) is 6. The van der Waals surface area contributed by atoms with Crippen molar-refractivity contribution in [2.45, 2.75) is 26.6 Å². The summed E-state index contributed by atoms with van der Waals surface area (Å²) >= 11 is 1.72. The molecule has 0 saturated heterocycles. The van der Waals surface area contributed by atoms with Crippen LogP contribution in [-0.2, 0) is 33.7 Å². The van der Waals surface area contributed by atoms with E-state index in [2.05, 4.69) is 37.0 Å². The van der Waals surface area contributed by atoms with E-state index in [9.17, 15) is 0 Å². The van der Waals surface area contributed by atoms with E-state index >= 15 is 0 Å². The highest BCUT2D eigenvalue weighted by Crippen LogP contribution is 2.08. The van der Waals surface area contributed by atoms with Crippen molar-refractivity contribution in [3.05, 3.63) is 46.2 Å². The van der Waals surface area contributed by atoms with E-state index < -0.39 is 0 Å². The van der Waals surface area contributed by atoms with Crippen LogP contribution in [0.3, 0.4) is 0 Å². The van der Waals surface area contributed by atoms with Crippen molar-refractivity contribution in [2.24, 2.45) is 19.1 Å². The maximum atomic E-state index is 4.73. The molecule has 0 unspecified atom stereocenters. The molecule has 3 aromatic heterocycles. The summed E-state index contributed by atoms with van der Waals surface area (Å²) in [5.74, 6) is 3.34. The Kier molecular flexibility index (Phi) is 5.61. The highest BCUT2D eigenvalue weighted by molar-refractivity contribution is 7.09. The third-order valence-electron chi connectivity index (χ3n) is 4.10. The summed E-state index contributed by atoms with van der Waals surface area (Å²) in [6, 6.07) is 4.15. The molecule has 3 rings (SSSR count). The van der Waals surface area contributed by atoms with Crippen LogP contribution in [0.4, 0.5) is 0 Å². The van der Waals surface area contributed by atoms with Gasteiger partial charge in [-0.15, -0.1) is 21.5 Å². The molecule has 0 saturated carbocycles. The van der Waals surface area contributed by atoms with E-state index in [1.165, 1.54) is 4.88 Å². The number of guanidine groups is 1. The fourth-order valence-electron chi connectivity index (χ4n) is 2.38. The van der Waals surface area contributed by atoms with Gasteiger partial charge in [-0.2, -0.15) is 5.10 Å². The molecular formula is C16H23N9S. The van der Waals surface area contributed by atoms with Crippen LogP contribution in [0.1, 0.15) is 22.4 Å². The van der Waals surface area contributed by atoms with Crippen LogP contribution >= 0.6 is 11.3 Å². The van der Waals surface area contributed by atoms with Gasteiger partial charge in [-0.1, -0.05) is 6.07 Å². The first kappa shape index (κ1) is 18.1. The largest absolute Gasteiger partial charge is 0.351 e.